The number of nitrogens with zero attached hydrogens (tertiary/aromatic N) is 3. The highest BCUT2D eigenvalue weighted by Crippen LogP contribution is 2.32. The fraction of sp³-hybridized carbons (Fsp3) is 0.625. The molecule has 0 spiro atoms. The van der Waals surface area contributed by atoms with E-state index in [0.717, 1.165) is 0 Å². The van der Waals surface area contributed by atoms with E-state index in [1.54, 1.807) is 14.1 Å². The van der Waals surface area contributed by atoms with Crippen LogP contribution in [0.3, 0.4) is 0 Å². The van der Waals surface area contributed by atoms with Crippen LogP contribution in [0.4, 0.5) is 23.1 Å². The second-order valence-electron chi connectivity index (χ2n) is 3.46. The summed E-state index contributed by atoms with van der Waals surface area (Å²) in [5.41, 5.74) is 0. The molecule has 2 amide bonds. The Morgan fingerprint density at radius 1 is 1.33 bits per heavy atom. The second kappa shape index (κ2) is 5.85. The predicted octanol–water partition coefficient (Wildman–Crippen LogP) is 1.24. The van der Waals surface area contributed by atoms with Gasteiger partial charge in [-0.25, -0.2) is 4.79 Å². The van der Waals surface area contributed by atoms with Crippen molar-refractivity contribution in [2.24, 2.45) is 0 Å². The van der Waals surface area contributed by atoms with Gasteiger partial charge in [0.05, 0.1) is 0 Å². The van der Waals surface area contributed by atoms with Crippen LogP contribution >= 0.6 is 11.3 Å². The van der Waals surface area contributed by atoms with Crippen LogP contribution in [0, 0.1) is 0 Å². The molecule has 0 atom stereocenters. The molecule has 0 aromatic carbocycles. The van der Waals surface area contributed by atoms with E-state index in [4.69, 9.17) is 0 Å². The van der Waals surface area contributed by atoms with Gasteiger partial charge in [0.1, 0.15) is 0 Å². The molecule has 0 unspecified atom stereocenters. The molecule has 0 aliphatic heterocycles. The van der Waals surface area contributed by atoms with Crippen molar-refractivity contribution in [1.29, 1.82) is 0 Å². The summed E-state index contributed by atoms with van der Waals surface area (Å²) in [6.07, 6.45) is -4.48. The van der Waals surface area contributed by atoms with Crippen molar-refractivity contribution in [1.82, 2.24) is 20.4 Å². The molecule has 1 heterocycles. The van der Waals surface area contributed by atoms with Crippen molar-refractivity contribution in [3.63, 3.8) is 0 Å². The lowest BCUT2D eigenvalue weighted by atomic mass is 10.6. The SMILES string of the molecule is CN(C)C(=O)NCCNc1nnc(C(F)(F)F)s1. The zero-order chi connectivity index (χ0) is 13.8. The monoisotopic (exact) mass is 283 g/mol. The van der Waals surface area contributed by atoms with Gasteiger partial charge in [-0.1, -0.05) is 11.3 Å². The average molecular weight is 283 g/mol. The summed E-state index contributed by atoms with van der Waals surface area (Å²) in [4.78, 5) is 12.5. The highest BCUT2D eigenvalue weighted by Gasteiger charge is 2.35. The van der Waals surface area contributed by atoms with E-state index in [2.05, 4.69) is 20.8 Å². The smallest absolute Gasteiger partial charge is 0.358 e. The number of hydrogen-bond acceptors (Lipinski definition) is 5. The Balaban J connectivity index is 2.32. The van der Waals surface area contributed by atoms with Gasteiger partial charge in [-0.15, -0.1) is 10.2 Å². The van der Waals surface area contributed by atoms with Crippen LogP contribution in [0.15, 0.2) is 0 Å². The van der Waals surface area contributed by atoms with Crippen molar-refractivity contribution in [2.45, 2.75) is 6.18 Å². The van der Waals surface area contributed by atoms with E-state index in [9.17, 15) is 18.0 Å². The molecule has 1 aromatic rings. The Morgan fingerprint density at radius 2 is 2.00 bits per heavy atom. The number of aromatic nitrogens is 2. The molecular weight excluding hydrogens is 271 g/mol. The number of anilines is 1. The molecule has 0 bridgehead atoms. The van der Waals surface area contributed by atoms with Crippen LogP contribution in [-0.4, -0.2) is 48.3 Å². The third-order valence-corrected chi connectivity index (χ3v) is 2.68. The van der Waals surface area contributed by atoms with Gasteiger partial charge in [0, 0.05) is 27.2 Å². The first-order chi connectivity index (χ1) is 8.30. The van der Waals surface area contributed by atoms with Crippen LogP contribution in [0.25, 0.3) is 0 Å². The summed E-state index contributed by atoms with van der Waals surface area (Å²) in [5.74, 6) is 0. The molecule has 1 aromatic heterocycles. The van der Waals surface area contributed by atoms with Gasteiger partial charge in [0.2, 0.25) is 10.1 Å². The molecule has 0 aliphatic rings. The minimum Gasteiger partial charge on any atom is -0.358 e. The minimum absolute atomic E-state index is 0.0708. The van der Waals surface area contributed by atoms with E-state index in [-0.39, 0.29) is 24.3 Å². The summed E-state index contributed by atoms with van der Waals surface area (Å²) in [5, 5.41) is 10.6. The molecule has 6 nitrogen and oxygen atoms in total. The van der Waals surface area contributed by atoms with Gasteiger partial charge >= 0.3 is 12.2 Å². The van der Waals surface area contributed by atoms with Crippen LogP contribution in [0.5, 0.6) is 0 Å². The molecule has 0 radical (unpaired) electrons. The number of carbonyl (C=O) groups is 1. The standard InChI is InChI=1S/C8H12F3N5OS/c1-16(2)7(17)13-4-3-12-6-15-14-5(18-6)8(9,10)11/h3-4H2,1-2H3,(H,12,15)(H,13,17). The molecule has 10 heteroatoms. The van der Waals surface area contributed by atoms with E-state index in [0.29, 0.717) is 11.3 Å². The first kappa shape index (κ1) is 14.5. The summed E-state index contributed by atoms with van der Waals surface area (Å²) in [6.45, 7) is 0.546. The Labute approximate surface area is 105 Å². The lowest BCUT2D eigenvalue weighted by Gasteiger charge is -2.11. The van der Waals surface area contributed by atoms with E-state index < -0.39 is 11.2 Å². The minimum atomic E-state index is -4.48. The average Bonchev–Trinajstić information content (AvgIpc) is 2.72. The number of nitrogens with one attached hydrogen (secondary N) is 2. The molecule has 0 aliphatic carbocycles. The number of amides is 2. The predicted molar refractivity (Wildman–Crippen MR) is 60.5 cm³/mol. The maximum atomic E-state index is 12.2. The normalized spacial score (nSPS) is 11.2. The maximum Gasteiger partial charge on any atom is 0.445 e. The number of rotatable bonds is 4. The Morgan fingerprint density at radius 3 is 2.50 bits per heavy atom. The molecule has 0 fully saturated rings. The number of alkyl halides is 3. The fourth-order valence-electron chi connectivity index (χ4n) is 0.906. The highest BCUT2D eigenvalue weighted by atomic mass is 32.1. The van der Waals surface area contributed by atoms with Crippen LogP contribution in [0.2, 0.25) is 0 Å². The van der Waals surface area contributed by atoms with Gasteiger partial charge in [0.15, 0.2) is 0 Å². The van der Waals surface area contributed by atoms with Crippen LogP contribution in [-0.2, 0) is 6.18 Å². The van der Waals surface area contributed by atoms with Crippen molar-refractivity contribution in [3.05, 3.63) is 5.01 Å². The lowest BCUT2D eigenvalue weighted by Crippen LogP contribution is -2.37. The summed E-state index contributed by atoms with van der Waals surface area (Å²) < 4.78 is 36.6. The van der Waals surface area contributed by atoms with Gasteiger partial charge in [-0.05, 0) is 0 Å². The molecular formula is C8H12F3N5OS. The number of halogens is 3. The zero-order valence-electron chi connectivity index (χ0n) is 9.71. The number of urea groups is 1. The topological polar surface area (TPSA) is 70.2 Å². The molecule has 0 saturated carbocycles. The third kappa shape index (κ3) is 4.35. The summed E-state index contributed by atoms with van der Waals surface area (Å²) in [7, 11) is 3.17. The maximum absolute atomic E-state index is 12.2. The molecule has 1 rings (SSSR count). The van der Waals surface area contributed by atoms with Crippen molar-refractivity contribution in [3.8, 4) is 0 Å². The first-order valence-electron chi connectivity index (χ1n) is 4.90. The second-order valence-corrected chi connectivity index (χ2v) is 4.44. The van der Waals surface area contributed by atoms with Crippen molar-refractivity contribution >= 4 is 22.5 Å². The fourth-order valence-corrected chi connectivity index (χ4v) is 1.54. The van der Waals surface area contributed by atoms with Crippen molar-refractivity contribution in [2.75, 3.05) is 32.5 Å². The van der Waals surface area contributed by atoms with Gasteiger partial charge < -0.3 is 15.5 Å². The molecule has 2 N–H and O–H groups in total. The third-order valence-electron chi connectivity index (χ3n) is 1.75. The zero-order valence-corrected chi connectivity index (χ0v) is 10.5. The first-order valence-corrected chi connectivity index (χ1v) is 5.72. The van der Waals surface area contributed by atoms with Crippen molar-refractivity contribution < 1.29 is 18.0 Å². The Hall–Kier alpha value is -1.58. The molecule has 102 valence electrons. The number of carbonyl (C=O) groups excluding carboxylic acids is 1. The van der Waals surface area contributed by atoms with E-state index in [1.165, 1.54) is 4.90 Å². The van der Waals surface area contributed by atoms with Gasteiger partial charge in [-0.2, -0.15) is 13.2 Å². The van der Waals surface area contributed by atoms with Crippen LogP contribution < -0.4 is 10.6 Å². The van der Waals surface area contributed by atoms with Crippen LogP contribution in [0.1, 0.15) is 5.01 Å². The Kier molecular flexibility index (Phi) is 4.70. The summed E-state index contributed by atoms with van der Waals surface area (Å²) in [6, 6.07) is -0.273. The molecule has 0 saturated heterocycles. The van der Waals surface area contributed by atoms with Gasteiger partial charge in [-0.3, -0.25) is 0 Å². The number of hydrogen-bond donors (Lipinski definition) is 2. The summed E-state index contributed by atoms with van der Waals surface area (Å²) >= 11 is 0.423. The van der Waals surface area contributed by atoms with Gasteiger partial charge in [0.25, 0.3) is 0 Å². The molecule has 18 heavy (non-hydrogen) atoms. The van der Waals surface area contributed by atoms with E-state index in [1.807, 2.05) is 0 Å². The Bertz CT molecular complexity index is 406. The lowest BCUT2D eigenvalue weighted by molar-refractivity contribution is -0.138. The highest BCUT2D eigenvalue weighted by molar-refractivity contribution is 7.15. The van der Waals surface area contributed by atoms with E-state index >= 15 is 0 Å². The largest absolute Gasteiger partial charge is 0.445 e. The quantitative estimate of drug-likeness (QED) is 0.816.